The zero-order valence-electron chi connectivity index (χ0n) is 11.6. The molecule has 0 saturated carbocycles. The van der Waals surface area contributed by atoms with E-state index in [1.165, 1.54) is 11.1 Å². The summed E-state index contributed by atoms with van der Waals surface area (Å²) in [6.45, 7) is 0.855. The fourth-order valence-corrected chi connectivity index (χ4v) is 2.55. The Balaban J connectivity index is 2.15. The van der Waals surface area contributed by atoms with Crippen molar-refractivity contribution in [2.45, 2.75) is 6.42 Å². The van der Waals surface area contributed by atoms with Crippen LogP contribution in [0.15, 0.2) is 35.5 Å². The van der Waals surface area contributed by atoms with Crippen molar-refractivity contribution in [3.8, 4) is 0 Å². The van der Waals surface area contributed by atoms with Crippen LogP contribution < -0.4 is 4.90 Å². The Labute approximate surface area is 113 Å². The average molecular weight is 254 g/mol. The van der Waals surface area contributed by atoms with E-state index in [-0.39, 0.29) is 0 Å². The van der Waals surface area contributed by atoms with Crippen LogP contribution in [0.4, 0.5) is 5.82 Å². The maximum atomic E-state index is 4.73. The molecule has 0 aliphatic carbocycles. The molecule has 0 saturated heterocycles. The summed E-state index contributed by atoms with van der Waals surface area (Å²) in [4.78, 5) is 6.77. The lowest BCUT2D eigenvalue weighted by Crippen LogP contribution is -2.18. The normalized spacial score (nSPS) is 13.9. The second-order valence-electron chi connectivity index (χ2n) is 5.07. The molecular formula is C15H18N4. The minimum Gasteiger partial charge on any atom is -0.361 e. The molecule has 98 valence electrons. The average Bonchev–Trinajstić information content (AvgIpc) is 2.80. The molecule has 0 amide bonds. The highest BCUT2D eigenvalue weighted by Crippen LogP contribution is 2.25. The molecule has 1 aromatic carbocycles. The third-order valence-corrected chi connectivity index (χ3v) is 3.41. The Kier molecular flexibility index (Phi) is 2.85. The van der Waals surface area contributed by atoms with Crippen molar-refractivity contribution in [1.82, 2.24) is 9.78 Å². The van der Waals surface area contributed by atoms with Crippen LogP contribution in [0.5, 0.6) is 0 Å². The number of benzene rings is 1. The summed E-state index contributed by atoms with van der Waals surface area (Å²) < 4.78 is 1.85. The van der Waals surface area contributed by atoms with Gasteiger partial charge in [0.25, 0.3) is 0 Å². The first kappa shape index (κ1) is 12.0. The highest BCUT2D eigenvalue weighted by molar-refractivity contribution is 6.16. The van der Waals surface area contributed by atoms with Crippen LogP contribution in [0.25, 0.3) is 0 Å². The van der Waals surface area contributed by atoms with Gasteiger partial charge in [0, 0.05) is 39.4 Å². The number of aromatic nitrogens is 2. The van der Waals surface area contributed by atoms with E-state index in [4.69, 9.17) is 4.99 Å². The van der Waals surface area contributed by atoms with Gasteiger partial charge in [0.15, 0.2) is 5.82 Å². The van der Waals surface area contributed by atoms with Crippen LogP contribution >= 0.6 is 0 Å². The van der Waals surface area contributed by atoms with Gasteiger partial charge in [-0.3, -0.25) is 9.67 Å². The number of hydrogen-bond acceptors (Lipinski definition) is 3. The fourth-order valence-electron chi connectivity index (χ4n) is 2.55. The van der Waals surface area contributed by atoms with Gasteiger partial charge < -0.3 is 4.90 Å². The van der Waals surface area contributed by atoms with Crippen molar-refractivity contribution in [2.75, 3.05) is 25.5 Å². The smallest absolute Gasteiger partial charge is 0.159 e. The standard InChI is InChI=1S/C15H18N4/c1-18(2)15-13(10-19(3)17-15)14-12-7-5-4-6-11(12)8-9-16-14/h4-7,10H,8-9H2,1-3H3. The summed E-state index contributed by atoms with van der Waals surface area (Å²) in [5, 5.41) is 4.52. The van der Waals surface area contributed by atoms with Gasteiger partial charge >= 0.3 is 0 Å². The summed E-state index contributed by atoms with van der Waals surface area (Å²) in [5.74, 6) is 0.970. The van der Waals surface area contributed by atoms with Crippen LogP contribution in [0.1, 0.15) is 16.7 Å². The minimum atomic E-state index is 0.855. The molecule has 3 rings (SSSR count). The lowest BCUT2D eigenvalue weighted by atomic mass is 9.94. The number of nitrogens with zero attached hydrogens (tertiary/aromatic N) is 4. The van der Waals surface area contributed by atoms with Gasteiger partial charge in [0.05, 0.1) is 11.3 Å². The first-order valence-corrected chi connectivity index (χ1v) is 6.51. The van der Waals surface area contributed by atoms with Crippen molar-refractivity contribution < 1.29 is 0 Å². The molecule has 0 bridgehead atoms. The lowest BCUT2D eigenvalue weighted by Gasteiger charge is -2.18. The zero-order chi connectivity index (χ0) is 13.4. The third kappa shape index (κ3) is 2.03. The predicted molar refractivity (Wildman–Crippen MR) is 78.2 cm³/mol. The van der Waals surface area contributed by atoms with Gasteiger partial charge in [-0.25, -0.2) is 0 Å². The Hall–Kier alpha value is -2.10. The number of aliphatic imine (C=N–C) groups is 1. The Morgan fingerprint density at radius 3 is 2.74 bits per heavy atom. The molecule has 0 radical (unpaired) electrons. The van der Waals surface area contributed by atoms with E-state index in [0.29, 0.717) is 0 Å². The quantitative estimate of drug-likeness (QED) is 0.820. The molecule has 4 nitrogen and oxygen atoms in total. The molecule has 0 fully saturated rings. The van der Waals surface area contributed by atoms with Crippen molar-refractivity contribution in [3.05, 3.63) is 47.2 Å². The number of anilines is 1. The van der Waals surface area contributed by atoms with Crippen LogP contribution in [0, 0.1) is 0 Å². The van der Waals surface area contributed by atoms with Gasteiger partial charge in [0.1, 0.15) is 0 Å². The second kappa shape index (κ2) is 4.53. The molecule has 1 aliphatic rings. The van der Waals surface area contributed by atoms with Crippen LogP contribution in [0.2, 0.25) is 0 Å². The molecule has 4 heteroatoms. The topological polar surface area (TPSA) is 33.4 Å². The molecule has 0 unspecified atom stereocenters. The van der Waals surface area contributed by atoms with Crippen LogP contribution in [-0.4, -0.2) is 36.1 Å². The number of rotatable bonds is 2. The molecule has 1 aromatic heterocycles. The maximum absolute atomic E-state index is 4.73. The van der Waals surface area contributed by atoms with E-state index < -0.39 is 0 Å². The largest absolute Gasteiger partial charge is 0.361 e. The van der Waals surface area contributed by atoms with Gasteiger partial charge in [-0.15, -0.1) is 0 Å². The Morgan fingerprint density at radius 1 is 1.16 bits per heavy atom. The fraction of sp³-hybridized carbons (Fsp3) is 0.333. The Bertz CT molecular complexity index is 637. The monoisotopic (exact) mass is 254 g/mol. The van der Waals surface area contributed by atoms with Gasteiger partial charge in [0.2, 0.25) is 0 Å². The minimum absolute atomic E-state index is 0.855. The maximum Gasteiger partial charge on any atom is 0.159 e. The number of hydrogen-bond donors (Lipinski definition) is 0. The summed E-state index contributed by atoms with van der Waals surface area (Å²) in [5.41, 5.74) is 4.80. The van der Waals surface area contributed by atoms with Crippen LogP contribution in [0.3, 0.4) is 0 Å². The van der Waals surface area contributed by atoms with E-state index >= 15 is 0 Å². The summed E-state index contributed by atoms with van der Waals surface area (Å²) in [7, 11) is 5.98. The van der Waals surface area contributed by atoms with Crippen LogP contribution in [-0.2, 0) is 13.5 Å². The van der Waals surface area contributed by atoms with Gasteiger partial charge in [-0.2, -0.15) is 5.10 Å². The third-order valence-electron chi connectivity index (χ3n) is 3.41. The van der Waals surface area contributed by atoms with Gasteiger partial charge in [-0.1, -0.05) is 24.3 Å². The van der Waals surface area contributed by atoms with E-state index in [2.05, 4.69) is 35.6 Å². The van der Waals surface area contributed by atoms with E-state index in [1.807, 2.05) is 30.7 Å². The molecule has 1 aliphatic heterocycles. The van der Waals surface area contributed by atoms with E-state index in [1.54, 1.807) is 0 Å². The molecule has 0 spiro atoms. The molecular weight excluding hydrogens is 236 g/mol. The molecule has 2 heterocycles. The van der Waals surface area contributed by atoms with Crippen molar-refractivity contribution >= 4 is 11.5 Å². The highest BCUT2D eigenvalue weighted by atomic mass is 15.3. The van der Waals surface area contributed by atoms with E-state index in [0.717, 1.165) is 30.1 Å². The van der Waals surface area contributed by atoms with Gasteiger partial charge in [-0.05, 0) is 12.0 Å². The van der Waals surface area contributed by atoms with E-state index in [9.17, 15) is 0 Å². The van der Waals surface area contributed by atoms with Crippen molar-refractivity contribution in [3.63, 3.8) is 0 Å². The predicted octanol–water partition coefficient (Wildman–Crippen LogP) is 1.88. The highest BCUT2D eigenvalue weighted by Gasteiger charge is 2.21. The first-order valence-electron chi connectivity index (χ1n) is 6.51. The number of fused-ring (bicyclic) bond motifs is 1. The summed E-state index contributed by atoms with van der Waals surface area (Å²) in [6.07, 6.45) is 3.08. The Morgan fingerprint density at radius 2 is 1.95 bits per heavy atom. The zero-order valence-corrected chi connectivity index (χ0v) is 11.6. The lowest BCUT2D eigenvalue weighted by molar-refractivity contribution is 0.762. The first-order chi connectivity index (χ1) is 9.16. The summed E-state index contributed by atoms with van der Waals surface area (Å²) in [6, 6.07) is 8.51. The van der Waals surface area contributed by atoms with Crippen molar-refractivity contribution in [1.29, 1.82) is 0 Å². The second-order valence-corrected chi connectivity index (χ2v) is 5.07. The van der Waals surface area contributed by atoms with Crippen molar-refractivity contribution in [2.24, 2.45) is 12.0 Å². The molecule has 0 N–H and O–H groups in total. The summed E-state index contributed by atoms with van der Waals surface area (Å²) >= 11 is 0. The molecule has 19 heavy (non-hydrogen) atoms. The molecule has 0 atom stereocenters. The number of aryl methyl sites for hydroxylation is 1. The SMILES string of the molecule is CN(C)c1nn(C)cc1C1=NCCc2ccccc21. The molecule has 2 aromatic rings.